The molecule has 5 rings (SSSR count). The van der Waals surface area contributed by atoms with Gasteiger partial charge in [-0.05, 0) is 41.5 Å². The van der Waals surface area contributed by atoms with Crippen LogP contribution < -0.4 is 5.43 Å². The molecule has 0 bridgehead atoms. The van der Waals surface area contributed by atoms with Crippen LogP contribution in [0.1, 0.15) is 15.9 Å². The van der Waals surface area contributed by atoms with Gasteiger partial charge in [0, 0.05) is 28.9 Å². The van der Waals surface area contributed by atoms with Gasteiger partial charge in [-0.2, -0.15) is 5.10 Å². The van der Waals surface area contributed by atoms with E-state index in [4.69, 9.17) is 0 Å². The molecule has 0 aliphatic rings. The molecule has 0 aliphatic heterocycles. The van der Waals surface area contributed by atoms with Crippen LogP contribution in [0.15, 0.2) is 126 Å². The van der Waals surface area contributed by atoms with Gasteiger partial charge in [-0.15, -0.1) is 0 Å². The van der Waals surface area contributed by atoms with E-state index in [1.54, 1.807) is 42.6 Å². The minimum absolute atomic E-state index is 0.0174. The molecule has 7 heteroatoms. The molecule has 4 aromatic carbocycles. The number of amides is 1. The molecule has 1 aromatic heterocycles. The molecule has 1 amide bonds. The van der Waals surface area contributed by atoms with Gasteiger partial charge < -0.3 is 4.57 Å². The Hall–Kier alpha value is -5.30. The van der Waals surface area contributed by atoms with Crippen molar-refractivity contribution in [3.8, 4) is 28.2 Å². The number of carbonyl (C=O) groups is 1. The molecule has 0 radical (unpaired) electrons. The van der Waals surface area contributed by atoms with Gasteiger partial charge in [0.2, 0.25) is 0 Å². The summed E-state index contributed by atoms with van der Waals surface area (Å²) in [6, 6.07) is 37.0. The zero-order valence-corrected chi connectivity index (χ0v) is 19.7. The molecule has 180 valence electrons. The largest absolute Gasteiger partial charge is 0.309 e. The third-order valence-corrected chi connectivity index (χ3v) is 5.87. The average molecular weight is 487 g/mol. The van der Waals surface area contributed by atoms with E-state index < -0.39 is 4.92 Å². The predicted molar refractivity (Wildman–Crippen MR) is 145 cm³/mol. The molecule has 0 aliphatic carbocycles. The van der Waals surface area contributed by atoms with Gasteiger partial charge in [0.15, 0.2) is 0 Å². The SMILES string of the molecule is O=C(N/N=C\c1cc(-c2ccccc2)n(-c2ccc([N+](=O)[O-])cc2)c1-c1ccccc1)c1ccccc1. The molecule has 0 saturated heterocycles. The van der Waals surface area contributed by atoms with Crippen LogP contribution in [0.25, 0.3) is 28.2 Å². The first-order valence-electron chi connectivity index (χ1n) is 11.6. The molecule has 0 saturated carbocycles. The number of hydrogen-bond donors (Lipinski definition) is 1. The number of hydrogen-bond acceptors (Lipinski definition) is 4. The smallest absolute Gasteiger partial charge is 0.271 e. The minimum Gasteiger partial charge on any atom is -0.309 e. The standard InChI is InChI=1S/C30H22N4O3/c35-30(24-14-8-3-9-15-24)32-31-21-25-20-28(22-10-4-1-5-11-22)33(29(25)23-12-6-2-7-13-23)26-16-18-27(19-17-26)34(36)37/h1-21H,(H,32,35)/b31-21-. The topological polar surface area (TPSA) is 89.5 Å². The number of rotatable bonds is 7. The number of nitro benzene ring substituents is 1. The summed E-state index contributed by atoms with van der Waals surface area (Å²) in [6.45, 7) is 0. The van der Waals surface area contributed by atoms with Gasteiger partial charge in [0.25, 0.3) is 11.6 Å². The fourth-order valence-electron chi connectivity index (χ4n) is 4.15. The lowest BCUT2D eigenvalue weighted by Crippen LogP contribution is -2.17. The van der Waals surface area contributed by atoms with Crippen LogP contribution in [0, 0.1) is 10.1 Å². The van der Waals surface area contributed by atoms with Crippen molar-refractivity contribution in [2.24, 2.45) is 5.10 Å². The number of hydrazone groups is 1. The maximum absolute atomic E-state index is 12.5. The summed E-state index contributed by atoms with van der Waals surface area (Å²) in [5.41, 5.74) is 8.27. The second-order valence-corrected chi connectivity index (χ2v) is 8.24. The van der Waals surface area contributed by atoms with Crippen molar-refractivity contribution in [1.82, 2.24) is 9.99 Å². The Kier molecular flexibility index (Phi) is 6.67. The lowest BCUT2D eigenvalue weighted by molar-refractivity contribution is -0.384. The Bertz CT molecular complexity index is 1560. The summed E-state index contributed by atoms with van der Waals surface area (Å²) < 4.78 is 2.05. The van der Waals surface area contributed by atoms with Crippen molar-refractivity contribution in [1.29, 1.82) is 0 Å². The van der Waals surface area contributed by atoms with Gasteiger partial charge in [-0.3, -0.25) is 14.9 Å². The van der Waals surface area contributed by atoms with E-state index in [-0.39, 0.29) is 11.6 Å². The van der Waals surface area contributed by atoms with Crippen LogP contribution in [0.3, 0.4) is 0 Å². The summed E-state index contributed by atoms with van der Waals surface area (Å²) in [5.74, 6) is -0.309. The van der Waals surface area contributed by atoms with E-state index in [9.17, 15) is 14.9 Å². The summed E-state index contributed by atoms with van der Waals surface area (Å²) in [6.07, 6.45) is 1.62. The van der Waals surface area contributed by atoms with Crippen molar-refractivity contribution in [2.45, 2.75) is 0 Å². The van der Waals surface area contributed by atoms with E-state index in [0.29, 0.717) is 5.56 Å². The average Bonchev–Trinajstić information content (AvgIpc) is 3.34. The highest BCUT2D eigenvalue weighted by Gasteiger charge is 2.19. The number of aromatic nitrogens is 1. The minimum atomic E-state index is -0.414. The molecule has 0 atom stereocenters. The second-order valence-electron chi connectivity index (χ2n) is 8.24. The number of non-ortho nitro benzene ring substituents is 1. The maximum Gasteiger partial charge on any atom is 0.271 e. The normalized spacial score (nSPS) is 10.9. The molecule has 37 heavy (non-hydrogen) atoms. The maximum atomic E-state index is 12.5. The van der Waals surface area contributed by atoms with Gasteiger partial charge in [-0.25, -0.2) is 5.43 Å². The van der Waals surface area contributed by atoms with Crippen LogP contribution >= 0.6 is 0 Å². The van der Waals surface area contributed by atoms with Gasteiger partial charge in [0.1, 0.15) is 0 Å². The van der Waals surface area contributed by atoms with Crippen molar-refractivity contribution in [2.75, 3.05) is 0 Å². The lowest BCUT2D eigenvalue weighted by Gasteiger charge is -2.15. The number of nitrogens with zero attached hydrogens (tertiary/aromatic N) is 3. The number of carbonyl (C=O) groups excluding carboxylic acids is 1. The van der Waals surface area contributed by atoms with Crippen molar-refractivity contribution >= 4 is 17.8 Å². The highest BCUT2D eigenvalue weighted by atomic mass is 16.6. The van der Waals surface area contributed by atoms with Crippen LogP contribution in [-0.4, -0.2) is 21.6 Å². The third-order valence-electron chi connectivity index (χ3n) is 5.87. The highest BCUT2D eigenvalue weighted by molar-refractivity contribution is 5.97. The Morgan fingerprint density at radius 1 is 0.784 bits per heavy atom. The molecular weight excluding hydrogens is 464 g/mol. The van der Waals surface area contributed by atoms with Crippen LogP contribution in [-0.2, 0) is 0 Å². The summed E-state index contributed by atoms with van der Waals surface area (Å²) in [7, 11) is 0. The van der Waals surface area contributed by atoms with Gasteiger partial charge in [-0.1, -0.05) is 78.9 Å². The second kappa shape index (κ2) is 10.5. The summed E-state index contributed by atoms with van der Waals surface area (Å²) in [5, 5.41) is 15.5. The Morgan fingerprint density at radius 3 is 1.95 bits per heavy atom. The van der Waals surface area contributed by atoms with E-state index in [1.807, 2.05) is 72.8 Å². The molecule has 1 N–H and O–H groups in total. The first-order valence-corrected chi connectivity index (χ1v) is 11.6. The quantitative estimate of drug-likeness (QED) is 0.162. The van der Waals surface area contributed by atoms with E-state index in [2.05, 4.69) is 15.1 Å². The van der Waals surface area contributed by atoms with Gasteiger partial charge >= 0.3 is 0 Å². The molecular formula is C30H22N4O3. The number of benzene rings is 4. The Morgan fingerprint density at radius 2 is 1.35 bits per heavy atom. The first kappa shape index (κ1) is 23.4. The van der Waals surface area contributed by atoms with Crippen molar-refractivity contribution < 1.29 is 9.72 Å². The molecule has 0 fully saturated rings. The molecule has 0 unspecified atom stereocenters. The zero-order chi connectivity index (χ0) is 25.6. The summed E-state index contributed by atoms with van der Waals surface area (Å²) >= 11 is 0. The van der Waals surface area contributed by atoms with Crippen molar-refractivity contribution in [3.63, 3.8) is 0 Å². The third kappa shape index (κ3) is 5.06. The molecule has 5 aromatic rings. The number of nitro groups is 1. The lowest BCUT2D eigenvalue weighted by atomic mass is 10.1. The van der Waals surface area contributed by atoms with Crippen LogP contribution in [0.5, 0.6) is 0 Å². The monoisotopic (exact) mass is 486 g/mol. The van der Waals surface area contributed by atoms with E-state index in [1.165, 1.54) is 12.1 Å². The zero-order valence-electron chi connectivity index (χ0n) is 19.7. The number of nitrogens with one attached hydrogen (secondary N) is 1. The summed E-state index contributed by atoms with van der Waals surface area (Å²) in [4.78, 5) is 23.3. The molecule has 0 spiro atoms. The predicted octanol–water partition coefficient (Wildman–Crippen LogP) is 6.48. The molecule has 7 nitrogen and oxygen atoms in total. The Labute approximate surface area is 213 Å². The van der Waals surface area contributed by atoms with Gasteiger partial charge in [0.05, 0.1) is 22.5 Å². The van der Waals surface area contributed by atoms with Crippen LogP contribution in [0.2, 0.25) is 0 Å². The molecule has 1 heterocycles. The Balaban J connectivity index is 1.65. The highest BCUT2D eigenvalue weighted by Crippen LogP contribution is 2.35. The fourth-order valence-corrected chi connectivity index (χ4v) is 4.15. The van der Waals surface area contributed by atoms with E-state index >= 15 is 0 Å². The fraction of sp³-hybridized carbons (Fsp3) is 0. The van der Waals surface area contributed by atoms with Crippen molar-refractivity contribution in [3.05, 3.63) is 143 Å². The first-order chi connectivity index (χ1) is 18.1. The van der Waals surface area contributed by atoms with E-state index in [0.717, 1.165) is 33.8 Å². The van der Waals surface area contributed by atoms with Crippen LogP contribution in [0.4, 0.5) is 5.69 Å².